The van der Waals surface area contributed by atoms with Gasteiger partial charge in [-0.2, -0.15) is 10.2 Å². The molecular weight excluding hydrogens is 352 g/mol. The predicted molar refractivity (Wildman–Crippen MR) is 98.5 cm³/mol. The maximum absolute atomic E-state index is 11.5. The Bertz CT molecular complexity index is 747. The fraction of sp³-hybridized carbons (Fsp3) is 0.111. The summed E-state index contributed by atoms with van der Waals surface area (Å²) in [5.74, 6) is -0.777. The minimum atomic E-state index is -0.523. The second-order valence-corrected chi connectivity index (χ2v) is 5.26. The van der Waals surface area contributed by atoms with Gasteiger partial charge in [0.1, 0.15) is 24.7 Å². The Kier molecular flexibility index (Phi) is 7.49. The first-order valence-corrected chi connectivity index (χ1v) is 7.82. The molecule has 2 aromatic rings. The molecule has 0 aliphatic carbocycles. The van der Waals surface area contributed by atoms with Gasteiger partial charge in [0.05, 0.1) is 12.4 Å². The van der Waals surface area contributed by atoms with Crippen molar-refractivity contribution in [3.63, 3.8) is 0 Å². The van der Waals surface area contributed by atoms with Gasteiger partial charge in [0.15, 0.2) is 0 Å². The van der Waals surface area contributed by atoms with Crippen molar-refractivity contribution >= 4 is 24.2 Å². The summed E-state index contributed by atoms with van der Waals surface area (Å²) in [6, 6.07) is 12.5. The van der Waals surface area contributed by atoms with Crippen molar-refractivity contribution in [1.82, 2.24) is 10.9 Å². The number of benzene rings is 2. The summed E-state index contributed by atoms with van der Waals surface area (Å²) >= 11 is 0. The SMILES string of the molecule is O=C(COCC(=O)N/N=C/c1ccc(O)cc1)N/N=C/c1ccc(O)cc1. The first kappa shape index (κ1) is 19.6. The number of amides is 2. The van der Waals surface area contributed by atoms with E-state index >= 15 is 0 Å². The van der Waals surface area contributed by atoms with Crippen LogP contribution in [0.5, 0.6) is 11.5 Å². The van der Waals surface area contributed by atoms with Gasteiger partial charge in [0, 0.05) is 0 Å². The van der Waals surface area contributed by atoms with E-state index in [1.54, 1.807) is 24.3 Å². The number of carbonyl (C=O) groups excluding carboxylic acids is 2. The molecule has 2 amide bonds. The molecule has 2 aromatic carbocycles. The van der Waals surface area contributed by atoms with Crippen molar-refractivity contribution in [3.8, 4) is 11.5 Å². The van der Waals surface area contributed by atoms with Gasteiger partial charge < -0.3 is 14.9 Å². The number of phenolic OH excluding ortho intramolecular Hbond substituents is 2. The van der Waals surface area contributed by atoms with Crippen LogP contribution in [0.15, 0.2) is 58.7 Å². The lowest BCUT2D eigenvalue weighted by atomic mass is 10.2. The zero-order chi connectivity index (χ0) is 19.5. The van der Waals surface area contributed by atoms with Gasteiger partial charge in [0.2, 0.25) is 0 Å². The Hall–Kier alpha value is -3.72. The van der Waals surface area contributed by atoms with Crippen molar-refractivity contribution < 1.29 is 24.5 Å². The molecule has 0 unspecified atom stereocenters. The third-order valence-corrected chi connectivity index (χ3v) is 3.06. The first-order chi connectivity index (χ1) is 13.0. The number of aromatic hydroxyl groups is 2. The molecule has 0 bridgehead atoms. The second kappa shape index (κ2) is 10.3. The molecule has 0 spiro atoms. The first-order valence-electron chi connectivity index (χ1n) is 7.82. The maximum Gasteiger partial charge on any atom is 0.266 e. The third-order valence-electron chi connectivity index (χ3n) is 3.06. The molecule has 0 aromatic heterocycles. The summed E-state index contributed by atoms with van der Waals surface area (Å²) in [5.41, 5.74) is 5.89. The quantitative estimate of drug-likeness (QED) is 0.401. The molecular formula is C18H18N4O5. The van der Waals surface area contributed by atoms with Crippen LogP contribution in [0.3, 0.4) is 0 Å². The highest BCUT2D eigenvalue weighted by Crippen LogP contribution is 2.08. The van der Waals surface area contributed by atoms with Gasteiger partial charge in [-0.05, 0) is 59.7 Å². The fourth-order valence-electron chi connectivity index (χ4n) is 1.78. The van der Waals surface area contributed by atoms with Gasteiger partial charge in [-0.3, -0.25) is 9.59 Å². The number of rotatable bonds is 8. The van der Waals surface area contributed by atoms with E-state index in [0.717, 1.165) is 0 Å². The van der Waals surface area contributed by atoms with E-state index in [1.807, 2.05) is 0 Å². The highest BCUT2D eigenvalue weighted by molar-refractivity contribution is 5.84. The van der Waals surface area contributed by atoms with Crippen LogP contribution in [0, 0.1) is 0 Å². The molecule has 140 valence electrons. The molecule has 9 heteroatoms. The van der Waals surface area contributed by atoms with Crippen LogP contribution in [0.2, 0.25) is 0 Å². The minimum absolute atomic E-state index is 0.135. The van der Waals surface area contributed by atoms with Crippen LogP contribution in [-0.4, -0.2) is 47.7 Å². The van der Waals surface area contributed by atoms with Crippen LogP contribution in [0.4, 0.5) is 0 Å². The number of carbonyl (C=O) groups is 2. The van der Waals surface area contributed by atoms with E-state index in [9.17, 15) is 9.59 Å². The van der Waals surface area contributed by atoms with Gasteiger partial charge in [0.25, 0.3) is 11.8 Å². The van der Waals surface area contributed by atoms with E-state index in [4.69, 9.17) is 14.9 Å². The molecule has 2 rings (SSSR count). The number of nitrogens with zero attached hydrogens (tertiary/aromatic N) is 2. The van der Waals surface area contributed by atoms with Crippen molar-refractivity contribution in [2.45, 2.75) is 0 Å². The van der Waals surface area contributed by atoms with Gasteiger partial charge in [-0.15, -0.1) is 0 Å². The maximum atomic E-state index is 11.5. The van der Waals surface area contributed by atoms with Crippen molar-refractivity contribution in [3.05, 3.63) is 59.7 Å². The molecule has 27 heavy (non-hydrogen) atoms. The lowest BCUT2D eigenvalue weighted by Gasteiger charge is -2.02. The molecule has 9 nitrogen and oxygen atoms in total. The molecule has 0 saturated heterocycles. The van der Waals surface area contributed by atoms with Crippen LogP contribution >= 0.6 is 0 Å². The Morgan fingerprint density at radius 1 is 0.778 bits per heavy atom. The number of hydrogen-bond donors (Lipinski definition) is 4. The lowest BCUT2D eigenvalue weighted by Crippen LogP contribution is -2.28. The number of nitrogens with one attached hydrogen (secondary N) is 2. The zero-order valence-electron chi connectivity index (χ0n) is 14.2. The van der Waals surface area contributed by atoms with Crippen molar-refractivity contribution in [1.29, 1.82) is 0 Å². The summed E-state index contributed by atoms with van der Waals surface area (Å²) in [6.07, 6.45) is 2.81. The van der Waals surface area contributed by atoms with E-state index in [1.165, 1.54) is 36.7 Å². The van der Waals surface area contributed by atoms with E-state index < -0.39 is 11.8 Å². The Labute approximate surface area is 155 Å². The summed E-state index contributed by atoms with van der Waals surface area (Å²) < 4.78 is 4.96. The monoisotopic (exact) mass is 370 g/mol. The Morgan fingerprint density at radius 2 is 1.15 bits per heavy atom. The normalized spacial score (nSPS) is 11.0. The third kappa shape index (κ3) is 7.80. The molecule has 0 aliphatic heterocycles. The van der Waals surface area contributed by atoms with Crippen molar-refractivity contribution in [2.75, 3.05) is 13.2 Å². The fourth-order valence-corrected chi connectivity index (χ4v) is 1.78. The van der Waals surface area contributed by atoms with E-state index in [0.29, 0.717) is 11.1 Å². The zero-order valence-corrected chi connectivity index (χ0v) is 14.2. The topological polar surface area (TPSA) is 133 Å². The second-order valence-electron chi connectivity index (χ2n) is 5.26. The van der Waals surface area contributed by atoms with Gasteiger partial charge in [-0.1, -0.05) is 0 Å². The highest BCUT2D eigenvalue weighted by atomic mass is 16.5. The van der Waals surface area contributed by atoms with Gasteiger partial charge >= 0.3 is 0 Å². The Balaban J connectivity index is 1.61. The molecule has 0 fully saturated rings. The van der Waals surface area contributed by atoms with Gasteiger partial charge in [-0.25, -0.2) is 10.9 Å². The molecule has 0 saturated carbocycles. The molecule has 0 atom stereocenters. The summed E-state index contributed by atoms with van der Waals surface area (Å²) in [6.45, 7) is -0.690. The minimum Gasteiger partial charge on any atom is -0.508 e. The average molecular weight is 370 g/mol. The number of ether oxygens (including phenoxy) is 1. The summed E-state index contributed by atoms with van der Waals surface area (Å²) in [5, 5.41) is 25.8. The summed E-state index contributed by atoms with van der Waals surface area (Å²) in [7, 11) is 0. The van der Waals surface area contributed by atoms with Crippen LogP contribution < -0.4 is 10.9 Å². The summed E-state index contributed by atoms with van der Waals surface area (Å²) in [4.78, 5) is 23.0. The lowest BCUT2D eigenvalue weighted by molar-refractivity contribution is -0.130. The molecule has 4 N–H and O–H groups in total. The number of hydrazone groups is 2. The number of hydrogen-bond acceptors (Lipinski definition) is 7. The van der Waals surface area contributed by atoms with Crippen LogP contribution in [0.1, 0.15) is 11.1 Å². The molecule has 0 heterocycles. The van der Waals surface area contributed by atoms with E-state index in [-0.39, 0.29) is 24.7 Å². The van der Waals surface area contributed by atoms with Crippen LogP contribution in [0.25, 0.3) is 0 Å². The van der Waals surface area contributed by atoms with Crippen molar-refractivity contribution in [2.24, 2.45) is 10.2 Å². The molecule has 0 aliphatic rings. The van der Waals surface area contributed by atoms with Crippen LogP contribution in [-0.2, 0) is 14.3 Å². The number of phenols is 2. The highest BCUT2D eigenvalue weighted by Gasteiger charge is 2.03. The molecule has 0 radical (unpaired) electrons. The van der Waals surface area contributed by atoms with E-state index in [2.05, 4.69) is 21.1 Å². The standard InChI is InChI=1S/C18H18N4O5/c23-15-5-1-13(2-6-15)9-19-21-17(25)11-27-12-18(26)22-20-10-14-3-7-16(24)8-4-14/h1-10,23-24H,11-12H2,(H,21,25)(H,22,26)/b19-9+,20-10+. The smallest absolute Gasteiger partial charge is 0.266 e. The predicted octanol–water partition coefficient (Wildman–Crippen LogP) is 0.715. The Morgan fingerprint density at radius 3 is 1.52 bits per heavy atom. The largest absolute Gasteiger partial charge is 0.508 e. The average Bonchev–Trinajstić information content (AvgIpc) is 2.65.